The van der Waals surface area contributed by atoms with Gasteiger partial charge in [-0.25, -0.2) is 4.98 Å². The molecule has 0 aliphatic carbocycles. The van der Waals surface area contributed by atoms with Gasteiger partial charge in [-0.1, -0.05) is 41.6 Å². The van der Waals surface area contributed by atoms with Crippen LogP contribution in [0.1, 0.15) is 5.69 Å². The van der Waals surface area contributed by atoms with E-state index in [4.69, 9.17) is 22.0 Å². The van der Waals surface area contributed by atoms with E-state index < -0.39 is 0 Å². The van der Waals surface area contributed by atoms with Gasteiger partial charge in [-0.2, -0.15) is 15.2 Å². The molecular formula is C19H12N8. The summed E-state index contributed by atoms with van der Waals surface area (Å²) in [6, 6.07) is 18.7. The molecule has 8 heteroatoms. The Morgan fingerprint density at radius 2 is 1.48 bits per heavy atom. The van der Waals surface area contributed by atoms with Crippen molar-refractivity contribution in [3.05, 3.63) is 59.8 Å². The third kappa shape index (κ3) is 2.41. The molecule has 2 aromatic heterocycles. The highest BCUT2D eigenvalue weighted by Crippen LogP contribution is 2.31. The van der Waals surface area contributed by atoms with Crippen LogP contribution in [0.3, 0.4) is 0 Å². The van der Waals surface area contributed by atoms with Crippen LogP contribution in [0.5, 0.6) is 0 Å². The second-order valence-corrected chi connectivity index (χ2v) is 5.74. The van der Waals surface area contributed by atoms with Gasteiger partial charge in [0.1, 0.15) is 12.1 Å². The number of nitrogens with zero attached hydrogens (tertiary/aromatic N) is 6. The topological polar surface area (TPSA) is 143 Å². The highest BCUT2D eigenvalue weighted by molar-refractivity contribution is 6.03. The van der Waals surface area contributed by atoms with E-state index in [2.05, 4.69) is 15.3 Å². The van der Waals surface area contributed by atoms with Crippen molar-refractivity contribution < 1.29 is 0 Å². The summed E-state index contributed by atoms with van der Waals surface area (Å²) in [6.07, 6.45) is 0. The van der Waals surface area contributed by atoms with Gasteiger partial charge in [-0.05, 0) is 12.1 Å². The highest BCUT2D eigenvalue weighted by Gasteiger charge is 2.20. The first-order valence-electron chi connectivity index (χ1n) is 7.95. The van der Waals surface area contributed by atoms with Crippen molar-refractivity contribution in [1.29, 1.82) is 10.5 Å². The first kappa shape index (κ1) is 16.1. The molecule has 0 radical (unpaired) electrons. The van der Waals surface area contributed by atoms with E-state index >= 15 is 0 Å². The normalized spacial score (nSPS) is 10.4. The Balaban J connectivity index is 2.08. The van der Waals surface area contributed by atoms with Gasteiger partial charge in [-0.3, -0.25) is 0 Å². The summed E-state index contributed by atoms with van der Waals surface area (Å²) in [5.74, 6) is 0.136. The number of nitrogens with two attached hydrogens (primary N) is 2. The summed E-state index contributed by atoms with van der Waals surface area (Å²) in [7, 11) is 0. The molecular weight excluding hydrogens is 340 g/mol. The number of pyridine rings is 1. The second-order valence-electron chi connectivity index (χ2n) is 5.74. The first-order chi connectivity index (χ1) is 13.2. The minimum atomic E-state index is -0.266. The Labute approximate surface area is 153 Å². The number of fused-ring (bicyclic) bond motifs is 2. The van der Waals surface area contributed by atoms with Crippen LogP contribution in [0.2, 0.25) is 0 Å². The van der Waals surface area contributed by atoms with Gasteiger partial charge in [0.15, 0.2) is 17.1 Å². The number of allylic oxidation sites excluding steroid dienone is 1. The quantitative estimate of drug-likeness (QED) is 0.416. The van der Waals surface area contributed by atoms with Crippen LogP contribution in [0.4, 0.5) is 5.82 Å². The van der Waals surface area contributed by atoms with Gasteiger partial charge >= 0.3 is 0 Å². The highest BCUT2D eigenvalue weighted by atomic mass is 15.5. The van der Waals surface area contributed by atoms with Crippen LogP contribution in [0.15, 0.2) is 54.1 Å². The van der Waals surface area contributed by atoms with Crippen LogP contribution >= 0.6 is 0 Å². The lowest BCUT2D eigenvalue weighted by Crippen LogP contribution is -2.07. The van der Waals surface area contributed by atoms with E-state index in [1.165, 1.54) is 4.68 Å². The minimum absolute atomic E-state index is 0.0954. The second kappa shape index (κ2) is 6.14. The molecule has 27 heavy (non-hydrogen) atoms. The zero-order chi connectivity index (χ0) is 19.0. The molecule has 2 aromatic carbocycles. The van der Waals surface area contributed by atoms with Crippen molar-refractivity contribution in [2.75, 3.05) is 5.73 Å². The first-order valence-corrected chi connectivity index (χ1v) is 7.95. The number of aromatic nitrogens is 4. The van der Waals surface area contributed by atoms with Crippen molar-refractivity contribution in [1.82, 2.24) is 20.0 Å². The van der Waals surface area contributed by atoms with Crippen molar-refractivity contribution in [3.63, 3.8) is 0 Å². The predicted octanol–water partition coefficient (Wildman–Crippen LogP) is 2.27. The number of nitriles is 2. The van der Waals surface area contributed by atoms with E-state index in [9.17, 15) is 0 Å². The van der Waals surface area contributed by atoms with E-state index in [0.717, 1.165) is 21.8 Å². The molecule has 4 N–H and O–H groups in total. The summed E-state index contributed by atoms with van der Waals surface area (Å²) < 4.78 is 1.46. The summed E-state index contributed by atoms with van der Waals surface area (Å²) in [5, 5.41) is 27.9. The Bertz CT molecular complexity index is 1250. The number of anilines is 1. The number of benzene rings is 2. The van der Waals surface area contributed by atoms with Crippen LogP contribution in [-0.2, 0) is 0 Å². The third-order valence-electron chi connectivity index (χ3n) is 4.22. The maximum absolute atomic E-state index is 9.04. The molecule has 0 amide bonds. The van der Waals surface area contributed by atoms with E-state index in [0.29, 0.717) is 5.69 Å². The van der Waals surface area contributed by atoms with Crippen molar-refractivity contribution >= 4 is 33.3 Å². The third-order valence-corrected chi connectivity index (χ3v) is 4.22. The molecule has 0 saturated carbocycles. The molecule has 0 atom stereocenters. The maximum atomic E-state index is 9.04. The molecule has 0 spiro atoms. The number of hydrogen-bond acceptors (Lipinski definition) is 7. The lowest BCUT2D eigenvalue weighted by atomic mass is 10.1. The van der Waals surface area contributed by atoms with Crippen molar-refractivity contribution in [2.24, 2.45) is 5.73 Å². The number of rotatable bonds is 2. The molecule has 8 nitrogen and oxygen atoms in total. The van der Waals surface area contributed by atoms with Gasteiger partial charge < -0.3 is 11.5 Å². The molecule has 4 aromatic rings. The van der Waals surface area contributed by atoms with Crippen molar-refractivity contribution in [3.8, 4) is 17.8 Å². The van der Waals surface area contributed by atoms with Crippen LogP contribution in [0.25, 0.3) is 33.2 Å². The SMILES string of the molecule is N#CC(C#N)=C(N)c1nnn(-c2c3ccccc3nc3ccccc23)c1N. The van der Waals surface area contributed by atoms with Crippen molar-refractivity contribution in [2.45, 2.75) is 0 Å². The van der Waals surface area contributed by atoms with Gasteiger partial charge in [0.2, 0.25) is 0 Å². The van der Waals surface area contributed by atoms with Gasteiger partial charge in [-0.15, -0.1) is 5.10 Å². The Morgan fingerprint density at radius 3 is 2.04 bits per heavy atom. The zero-order valence-electron chi connectivity index (χ0n) is 14.0. The molecule has 0 aliphatic rings. The smallest absolute Gasteiger partial charge is 0.157 e. The van der Waals surface area contributed by atoms with Gasteiger partial charge in [0, 0.05) is 10.8 Å². The molecule has 0 fully saturated rings. The lowest BCUT2D eigenvalue weighted by Gasteiger charge is -2.11. The Morgan fingerprint density at radius 1 is 0.926 bits per heavy atom. The molecule has 2 heterocycles. The fraction of sp³-hybridized carbons (Fsp3) is 0. The average molecular weight is 352 g/mol. The zero-order valence-corrected chi connectivity index (χ0v) is 14.0. The largest absolute Gasteiger partial charge is 0.395 e. The lowest BCUT2D eigenvalue weighted by molar-refractivity contribution is 0.817. The van der Waals surface area contributed by atoms with E-state index in [1.807, 2.05) is 48.5 Å². The Kier molecular flexibility index (Phi) is 3.65. The summed E-state index contributed by atoms with van der Waals surface area (Å²) >= 11 is 0. The van der Waals surface area contributed by atoms with E-state index in [-0.39, 0.29) is 22.8 Å². The standard InChI is InChI=1S/C19H12N8/c20-9-11(10-21)16(22)17-19(23)27(26-25-17)18-12-5-1-3-7-14(12)24-15-8-4-2-6-13(15)18/h1-8H,22-23H2. The number of hydrogen-bond donors (Lipinski definition) is 2. The molecule has 0 unspecified atom stereocenters. The number of para-hydroxylation sites is 2. The monoisotopic (exact) mass is 352 g/mol. The van der Waals surface area contributed by atoms with Gasteiger partial charge in [0.05, 0.1) is 22.4 Å². The molecule has 0 aliphatic heterocycles. The summed E-state index contributed by atoms with van der Waals surface area (Å²) in [4.78, 5) is 4.67. The molecule has 0 saturated heterocycles. The predicted molar refractivity (Wildman–Crippen MR) is 101 cm³/mol. The van der Waals surface area contributed by atoms with Crippen LogP contribution in [0, 0.1) is 22.7 Å². The maximum Gasteiger partial charge on any atom is 0.157 e. The average Bonchev–Trinajstić information content (AvgIpc) is 3.08. The van der Waals surface area contributed by atoms with E-state index in [1.54, 1.807) is 12.1 Å². The molecule has 128 valence electrons. The minimum Gasteiger partial charge on any atom is -0.395 e. The van der Waals surface area contributed by atoms with Gasteiger partial charge in [0.25, 0.3) is 0 Å². The molecule has 4 rings (SSSR count). The fourth-order valence-corrected chi connectivity index (χ4v) is 2.96. The fourth-order valence-electron chi connectivity index (χ4n) is 2.96. The summed E-state index contributed by atoms with van der Waals surface area (Å²) in [5.41, 5.74) is 14.1. The van der Waals surface area contributed by atoms with Crippen LogP contribution in [-0.4, -0.2) is 20.0 Å². The Hall–Kier alpha value is -4.43. The number of nitrogen functional groups attached to an aromatic ring is 1. The summed E-state index contributed by atoms with van der Waals surface area (Å²) in [6.45, 7) is 0. The van der Waals surface area contributed by atoms with Crippen LogP contribution < -0.4 is 11.5 Å². The molecule has 0 bridgehead atoms.